The molecule has 0 spiro atoms. The molecule has 1 aromatic rings. The van der Waals surface area contributed by atoms with E-state index in [-0.39, 0.29) is 5.91 Å². The Bertz CT molecular complexity index is 560. The van der Waals surface area contributed by atoms with Gasteiger partial charge in [-0.15, -0.1) is 0 Å². The molecule has 0 radical (unpaired) electrons. The molecule has 1 saturated carbocycles. The quantitative estimate of drug-likeness (QED) is 0.899. The van der Waals surface area contributed by atoms with E-state index in [0.29, 0.717) is 18.4 Å². The summed E-state index contributed by atoms with van der Waals surface area (Å²) >= 11 is 0. The Morgan fingerprint density at radius 3 is 2.58 bits per heavy atom. The molecule has 5 nitrogen and oxygen atoms in total. The first-order valence-electron chi connectivity index (χ1n) is 9.53. The van der Waals surface area contributed by atoms with Gasteiger partial charge < -0.3 is 10.2 Å². The third-order valence-corrected chi connectivity index (χ3v) is 5.37. The molecule has 0 unspecified atom stereocenters. The van der Waals surface area contributed by atoms with Crippen LogP contribution in [0.4, 0.5) is 5.82 Å². The molecule has 5 heteroatoms. The van der Waals surface area contributed by atoms with Gasteiger partial charge in [0.1, 0.15) is 11.6 Å². The highest BCUT2D eigenvalue weighted by atomic mass is 16.2. The first kappa shape index (κ1) is 17.2. The second-order valence-electron chi connectivity index (χ2n) is 7.30. The highest BCUT2D eigenvalue weighted by Crippen LogP contribution is 2.24. The number of carbonyl (C=O) groups excluding carboxylic acids is 1. The Morgan fingerprint density at radius 2 is 1.92 bits per heavy atom. The van der Waals surface area contributed by atoms with Gasteiger partial charge in [-0.3, -0.25) is 4.79 Å². The van der Waals surface area contributed by atoms with Crippen LogP contribution in [-0.4, -0.2) is 39.9 Å². The highest BCUT2D eigenvalue weighted by molar-refractivity contribution is 5.75. The van der Waals surface area contributed by atoms with E-state index in [4.69, 9.17) is 0 Å². The van der Waals surface area contributed by atoms with Gasteiger partial charge in [0.2, 0.25) is 5.91 Å². The van der Waals surface area contributed by atoms with E-state index in [0.717, 1.165) is 49.7 Å². The molecular formula is C19H30N4O. The average molecular weight is 330 g/mol. The van der Waals surface area contributed by atoms with Crippen LogP contribution in [0, 0.1) is 12.8 Å². The number of hydrogen-bond donors (Lipinski definition) is 1. The van der Waals surface area contributed by atoms with E-state index in [1.807, 2.05) is 18.7 Å². The molecule has 2 heterocycles. The molecule has 1 aliphatic heterocycles. The summed E-state index contributed by atoms with van der Waals surface area (Å²) in [5, 5.41) is 3.58. The molecule has 24 heavy (non-hydrogen) atoms. The van der Waals surface area contributed by atoms with Gasteiger partial charge in [-0.25, -0.2) is 9.97 Å². The van der Waals surface area contributed by atoms with Crippen LogP contribution < -0.4 is 5.32 Å². The number of rotatable bonds is 5. The van der Waals surface area contributed by atoms with Crippen molar-refractivity contribution in [2.75, 3.05) is 18.4 Å². The number of nitrogens with zero attached hydrogens (tertiary/aromatic N) is 3. The fraction of sp³-hybridized carbons (Fsp3) is 0.737. The Morgan fingerprint density at radius 1 is 1.21 bits per heavy atom. The van der Waals surface area contributed by atoms with Gasteiger partial charge in [-0.1, -0.05) is 19.8 Å². The summed E-state index contributed by atoms with van der Waals surface area (Å²) in [6.45, 7) is 5.71. The maximum Gasteiger partial charge on any atom is 0.222 e. The van der Waals surface area contributed by atoms with Crippen LogP contribution in [0.5, 0.6) is 0 Å². The monoisotopic (exact) mass is 330 g/mol. The molecule has 132 valence electrons. The fourth-order valence-electron chi connectivity index (χ4n) is 3.99. The van der Waals surface area contributed by atoms with Crippen molar-refractivity contribution in [2.24, 2.45) is 5.92 Å². The van der Waals surface area contributed by atoms with Gasteiger partial charge >= 0.3 is 0 Å². The number of carbonyl (C=O) groups is 1. The lowest BCUT2D eigenvalue weighted by atomic mass is 9.92. The van der Waals surface area contributed by atoms with Gasteiger partial charge in [-0.2, -0.15) is 0 Å². The number of anilines is 1. The molecule has 2 aliphatic rings. The summed E-state index contributed by atoms with van der Waals surface area (Å²) in [7, 11) is 0. The first-order chi connectivity index (χ1) is 11.6. The van der Waals surface area contributed by atoms with E-state index < -0.39 is 0 Å². The van der Waals surface area contributed by atoms with Gasteiger partial charge in [-0.05, 0) is 44.9 Å². The lowest BCUT2D eigenvalue weighted by molar-refractivity contribution is -0.132. The number of piperidine rings is 1. The SMILES string of the molecule is CCC(=O)N1CCC(Cc2cc(NC3CCCC3)nc(C)n2)CC1. The van der Waals surface area contributed by atoms with Crippen molar-refractivity contribution in [1.82, 2.24) is 14.9 Å². The van der Waals surface area contributed by atoms with E-state index in [1.54, 1.807) is 0 Å². The van der Waals surface area contributed by atoms with Crippen molar-refractivity contribution in [1.29, 1.82) is 0 Å². The fourth-order valence-corrected chi connectivity index (χ4v) is 3.99. The number of aromatic nitrogens is 2. The molecule has 0 bridgehead atoms. The Kier molecular flexibility index (Phi) is 5.69. The highest BCUT2D eigenvalue weighted by Gasteiger charge is 2.23. The molecule has 1 N–H and O–H groups in total. The average Bonchev–Trinajstić information content (AvgIpc) is 3.07. The van der Waals surface area contributed by atoms with Crippen LogP contribution in [0.1, 0.15) is 63.4 Å². The minimum atomic E-state index is 0.286. The third-order valence-electron chi connectivity index (χ3n) is 5.37. The maximum absolute atomic E-state index is 11.8. The molecular weight excluding hydrogens is 300 g/mol. The van der Waals surface area contributed by atoms with Crippen molar-refractivity contribution < 1.29 is 4.79 Å². The third kappa shape index (κ3) is 4.46. The van der Waals surface area contributed by atoms with Crippen molar-refractivity contribution in [2.45, 2.75) is 71.3 Å². The van der Waals surface area contributed by atoms with Gasteiger partial charge in [0, 0.05) is 37.3 Å². The van der Waals surface area contributed by atoms with Crippen LogP contribution in [0.2, 0.25) is 0 Å². The van der Waals surface area contributed by atoms with Crippen LogP contribution >= 0.6 is 0 Å². The lowest BCUT2D eigenvalue weighted by Crippen LogP contribution is -2.38. The molecule has 2 fully saturated rings. The predicted molar refractivity (Wildman–Crippen MR) is 95.9 cm³/mol. The summed E-state index contributed by atoms with van der Waals surface area (Å²) < 4.78 is 0. The van der Waals surface area contributed by atoms with E-state index in [2.05, 4.69) is 21.4 Å². The molecule has 3 rings (SSSR count). The van der Waals surface area contributed by atoms with Crippen molar-refractivity contribution in [3.63, 3.8) is 0 Å². The van der Waals surface area contributed by atoms with Gasteiger partial charge in [0.15, 0.2) is 0 Å². The zero-order chi connectivity index (χ0) is 16.9. The predicted octanol–water partition coefficient (Wildman–Crippen LogP) is 3.33. The summed E-state index contributed by atoms with van der Waals surface area (Å²) in [6.07, 6.45) is 8.93. The summed E-state index contributed by atoms with van der Waals surface area (Å²) in [5.74, 6) is 2.75. The van der Waals surface area contributed by atoms with Crippen molar-refractivity contribution in [3.05, 3.63) is 17.6 Å². The number of nitrogens with one attached hydrogen (secondary N) is 1. The van der Waals surface area contributed by atoms with Crippen molar-refractivity contribution in [3.8, 4) is 0 Å². The summed E-state index contributed by atoms with van der Waals surface area (Å²) in [4.78, 5) is 23.0. The number of aryl methyl sites for hydroxylation is 1. The summed E-state index contributed by atoms with van der Waals surface area (Å²) in [5.41, 5.74) is 1.14. The second-order valence-corrected chi connectivity index (χ2v) is 7.30. The summed E-state index contributed by atoms with van der Waals surface area (Å²) in [6, 6.07) is 2.71. The Labute approximate surface area is 145 Å². The number of likely N-dealkylation sites (tertiary alicyclic amines) is 1. The molecule has 1 aromatic heterocycles. The zero-order valence-corrected chi connectivity index (χ0v) is 15.1. The van der Waals surface area contributed by atoms with Crippen LogP contribution in [0.15, 0.2) is 6.07 Å². The minimum Gasteiger partial charge on any atom is -0.367 e. The first-order valence-corrected chi connectivity index (χ1v) is 9.53. The van der Waals surface area contributed by atoms with Crippen LogP contribution in [0.25, 0.3) is 0 Å². The van der Waals surface area contributed by atoms with Crippen molar-refractivity contribution >= 4 is 11.7 Å². The van der Waals surface area contributed by atoms with Gasteiger partial charge in [0.05, 0.1) is 0 Å². The number of hydrogen-bond acceptors (Lipinski definition) is 4. The Hall–Kier alpha value is -1.65. The maximum atomic E-state index is 11.8. The normalized spacial score (nSPS) is 19.7. The zero-order valence-electron chi connectivity index (χ0n) is 15.1. The molecule has 1 amide bonds. The topological polar surface area (TPSA) is 58.1 Å². The number of amides is 1. The largest absolute Gasteiger partial charge is 0.367 e. The smallest absolute Gasteiger partial charge is 0.222 e. The molecule has 0 aromatic carbocycles. The second kappa shape index (κ2) is 7.95. The van der Waals surface area contributed by atoms with E-state index in [9.17, 15) is 4.79 Å². The van der Waals surface area contributed by atoms with Gasteiger partial charge in [0.25, 0.3) is 0 Å². The standard InChI is InChI=1S/C19H30N4O/c1-3-19(24)23-10-8-15(9-11-23)12-17-13-18(21-14(2)20-17)22-16-6-4-5-7-16/h13,15-16H,3-12H2,1-2H3,(H,20,21,22). The lowest BCUT2D eigenvalue weighted by Gasteiger charge is -2.31. The van der Waals surface area contributed by atoms with Crippen LogP contribution in [0.3, 0.4) is 0 Å². The van der Waals surface area contributed by atoms with E-state index in [1.165, 1.54) is 25.7 Å². The minimum absolute atomic E-state index is 0.286. The molecule has 0 atom stereocenters. The molecule has 1 aliphatic carbocycles. The molecule has 1 saturated heterocycles. The van der Waals surface area contributed by atoms with Crippen LogP contribution in [-0.2, 0) is 11.2 Å². The Balaban J connectivity index is 1.57. The van der Waals surface area contributed by atoms with E-state index >= 15 is 0 Å².